The van der Waals surface area contributed by atoms with E-state index in [2.05, 4.69) is 0 Å². The lowest BCUT2D eigenvalue weighted by molar-refractivity contribution is -0.154. The van der Waals surface area contributed by atoms with Gasteiger partial charge in [-0.05, 0) is 17.7 Å². The number of hydrogen-bond donors (Lipinski definition) is 1. The molecule has 2 rings (SSSR count). The Morgan fingerprint density at radius 2 is 1.67 bits per heavy atom. The first-order chi connectivity index (χ1) is 11.5. The quantitative estimate of drug-likeness (QED) is 0.773. The molecule has 132 valence electrons. The van der Waals surface area contributed by atoms with Crippen LogP contribution in [0.2, 0.25) is 0 Å². The van der Waals surface area contributed by atoms with Gasteiger partial charge >= 0.3 is 11.9 Å². The van der Waals surface area contributed by atoms with Crippen molar-refractivity contribution in [3.05, 3.63) is 17.7 Å². The smallest absolute Gasteiger partial charge is 0.312 e. The number of carboxylic acid groups (broad SMARTS) is 1. The lowest BCUT2D eigenvalue weighted by Gasteiger charge is -2.21. The van der Waals surface area contributed by atoms with Gasteiger partial charge in [0.1, 0.15) is 5.92 Å². The third kappa shape index (κ3) is 3.09. The third-order valence-corrected chi connectivity index (χ3v) is 4.02. The van der Waals surface area contributed by atoms with Gasteiger partial charge in [-0.2, -0.15) is 0 Å². The van der Waals surface area contributed by atoms with Gasteiger partial charge in [0.15, 0.2) is 11.5 Å². The second-order valence-corrected chi connectivity index (χ2v) is 5.21. The Labute approximate surface area is 139 Å². The zero-order valence-corrected chi connectivity index (χ0v) is 13.9. The molecule has 1 heterocycles. The maximum Gasteiger partial charge on any atom is 0.312 e. The predicted octanol–water partition coefficient (Wildman–Crippen LogP) is 1.27. The highest BCUT2D eigenvalue weighted by Gasteiger charge is 2.48. The number of ether oxygens (including phenoxy) is 5. The number of esters is 1. The Morgan fingerprint density at radius 3 is 2.08 bits per heavy atom. The Balaban J connectivity index is 2.49. The minimum atomic E-state index is -1.11. The molecular formula is C16H20O8. The van der Waals surface area contributed by atoms with Gasteiger partial charge in [0.2, 0.25) is 5.75 Å². The molecule has 0 aromatic heterocycles. The number of carbonyl (C=O) groups excluding carboxylic acids is 1. The van der Waals surface area contributed by atoms with Crippen molar-refractivity contribution in [1.82, 2.24) is 0 Å². The fraction of sp³-hybridized carbons (Fsp3) is 0.500. The number of benzene rings is 1. The SMILES string of the molecule is COC(=O)[C@H]1[C@@H](C(=O)O)CO[C@H]1c1cc(OC)c(OC)c(OC)c1. The highest BCUT2D eigenvalue weighted by molar-refractivity contribution is 5.82. The lowest BCUT2D eigenvalue weighted by atomic mass is 9.87. The van der Waals surface area contributed by atoms with Crippen LogP contribution in [0, 0.1) is 11.8 Å². The molecule has 0 saturated carbocycles. The topological polar surface area (TPSA) is 101 Å². The van der Waals surface area contributed by atoms with Crippen LogP contribution >= 0.6 is 0 Å². The number of aliphatic carboxylic acids is 1. The molecule has 0 radical (unpaired) electrons. The summed E-state index contributed by atoms with van der Waals surface area (Å²) in [4.78, 5) is 23.5. The number of rotatable bonds is 6. The van der Waals surface area contributed by atoms with Crippen molar-refractivity contribution < 1.29 is 38.4 Å². The first kappa shape index (κ1) is 17.9. The molecular weight excluding hydrogens is 320 g/mol. The summed E-state index contributed by atoms with van der Waals surface area (Å²) in [6.45, 7) is -0.0869. The summed E-state index contributed by atoms with van der Waals surface area (Å²) in [5, 5.41) is 9.32. The van der Waals surface area contributed by atoms with Crippen molar-refractivity contribution >= 4 is 11.9 Å². The summed E-state index contributed by atoms with van der Waals surface area (Å²) >= 11 is 0. The van der Waals surface area contributed by atoms with Crippen LogP contribution in [0.25, 0.3) is 0 Å². The van der Waals surface area contributed by atoms with Gasteiger partial charge < -0.3 is 28.8 Å². The Hall–Kier alpha value is -2.48. The van der Waals surface area contributed by atoms with Crippen molar-refractivity contribution in [3.63, 3.8) is 0 Å². The van der Waals surface area contributed by atoms with E-state index in [-0.39, 0.29) is 6.61 Å². The normalized spacial score (nSPS) is 22.8. The fourth-order valence-electron chi connectivity index (χ4n) is 2.84. The molecule has 0 amide bonds. The number of carbonyl (C=O) groups is 2. The Bertz CT molecular complexity index is 601. The summed E-state index contributed by atoms with van der Waals surface area (Å²) in [5.74, 6) is -2.53. The van der Waals surface area contributed by atoms with E-state index in [0.717, 1.165) is 0 Å². The van der Waals surface area contributed by atoms with Crippen LogP contribution in [0.15, 0.2) is 12.1 Å². The van der Waals surface area contributed by atoms with E-state index in [1.54, 1.807) is 12.1 Å². The van der Waals surface area contributed by atoms with Crippen LogP contribution in [-0.4, -0.2) is 52.1 Å². The summed E-state index contributed by atoms with van der Waals surface area (Å²) in [6.07, 6.45) is -0.785. The molecule has 8 heteroatoms. The van der Waals surface area contributed by atoms with E-state index in [9.17, 15) is 14.7 Å². The minimum Gasteiger partial charge on any atom is -0.493 e. The van der Waals surface area contributed by atoms with Gasteiger partial charge in [0.05, 0.1) is 47.1 Å². The standard InChI is InChI=1S/C16H20O8/c1-20-10-5-8(6-11(21-2)14(10)22-3)13-12(16(19)23-4)9(7-24-13)15(17)18/h5-6,9,12-13H,7H2,1-4H3,(H,17,18)/t9-,12-,13-/m0/s1. The van der Waals surface area contributed by atoms with Crippen molar-refractivity contribution in [2.45, 2.75) is 6.10 Å². The molecule has 0 spiro atoms. The molecule has 1 N–H and O–H groups in total. The zero-order chi connectivity index (χ0) is 17.9. The Morgan fingerprint density at radius 1 is 1.08 bits per heavy atom. The molecule has 0 unspecified atom stereocenters. The second-order valence-electron chi connectivity index (χ2n) is 5.21. The second kappa shape index (κ2) is 7.39. The largest absolute Gasteiger partial charge is 0.493 e. The van der Waals surface area contributed by atoms with Gasteiger partial charge in [-0.25, -0.2) is 0 Å². The first-order valence-corrected chi connectivity index (χ1v) is 7.20. The summed E-state index contributed by atoms with van der Waals surface area (Å²) in [6, 6.07) is 3.26. The molecule has 1 aromatic rings. The van der Waals surface area contributed by atoms with E-state index in [1.807, 2.05) is 0 Å². The van der Waals surface area contributed by atoms with Gasteiger partial charge in [0.25, 0.3) is 0 Å². The fourth-order valence-corrected chi connectivity index (χ4v) is 2.84. The van der Waals surface area contributed by atoms with Crippen LogP contribution in [0.3, 0.4) is 0 Å². The maximum absolute atomic E-state index is 12.1. The monoisotopic (exact) mass is 340 g/mol. The van der Waals surface area contributed by atoms with Crippen LogP contribution in [0.1, 0.15) is 11.7 Å². The molecule has 1 aliphatic heterocycles. The average molecular weight is 340 g/mol. The highest BCUT2D eigenvalue weighted by Crippen LogP contribution is 2.45. The molecule has 1 aromatic carbocycles. The molecule has 0 aliphatic carbocycles. The van der Waals surface area contributed by atoms with Crippen LogP contribution < -0.4 is 14.2 Å². The zero-order valence-electron chi connectivity index (χ0n) is 13.9. The number of carboxylic acids is 1. The maximum atomic E-state index is 12.1. The van der Waals surface area contributed by atoms with E-state index in [0.29, 0.717) is 22.8 Å². The van der Waals surface area contributed by atoms with Crippen LogP contribution in [0.5, 0.6) is 17.2 Å². The predicted molar refractivity (Wildman–Crippen MR) is 81.4 cm³/mol. The molecule has 24 heavy (non-hydrogen) atoms. The lowest BCUT2D eigenvalue weighted by Crippen LogP contribution is -2.30. The molecule has 0 bridgehead atoms. The summed E-state index contributed by atoms with van der Waals surface area (Å²) in [5.41, 5.74) is 0.545. The molecule has 1 aliphatic rings. The van der Waals surface area contributed by atoms with E-state index in [4.69, 9.17) is 23.7 Å². The van der Waals surface area contributed by atoms with E-state index < -0.39 is 29.9 Å². The van der Waals surface area contributed by atoms with Gasteiger partial charge in [-0.1, -0.05) is 0 Å². The van der Waals surface area contributed by atoms with Crippen molar-refractivity contribution in [2.75, 3.05) is 35.0 Å². The summed E-state index contributed by atoms with van der Waals surface area (Å²) < 4.78 is 26.2. The van der Waals surface area contributed by atoms with Crippen LogP contribution in [0.4, 0.5) is 0 Å². The first-order valence-electron chi connectivity index (χ1n) is 7.20. The van der Waals surface area contributed by atoms with Gasteiger partial charge in [-0.3, -0.25) is 9.59 Å². The van der Waals surface area contributed by atoms with Crippen molar-refractivity contribution in [3.8, 4) is 17.2 Å². The van der Waals surface area contributed by atoms with Crippen molar-refractivity contribution in [1.29, 1.82) is 0 Å². The summed E-state index contributed by atoms with van der Waals surface area (Å²) in [7, 11) is 5.62. The minimum absolute atomic E-state index is 0.0869. The number of methoxy groups -OCH3 is 4. The molecule has 1 fully saturated rings. The van der Waals surface area contributed by atoms with E-state index >= 15 is 0 Å². The molecule has 3 atom stereocenters. The van der Waals surface area contributed by atoms with Crippen LogP contribution in [-0.2, 0) is 19.1 Å². The third-order valence-electron chi connectivity index (χ3n) is 4.02. The van der Waals surface area contributed by atoms with Crippen molar-refractivity contribution in [2.24, 2.45) is 11.8 Å². The van der Waals surface area contributed by atoms with E-state index in [1.165, 1.54) is 28.4 Å². The Kier molecular flexibility index (Phi) is 5.50. The van der Waals surface area contributed by atoms with Gasteiger partial charge in [0, 0.05) is 0 Å². The number of hydrogen-bond acceptors (Lipinski definition) is 7. The molecule has 8 nitrogen and oxygen atoms in total. The molecule has 1 saturated heterocycles. The highest BCUT2D eigenvalue weighted by atomic mass is 16.5. The van der Waals surface area contributed by atoms with Gasteiger partial charge in [-0.15, -0.1) is 0 Å². The average Bonchev–Trinajstić information content (AvgIpc) is 3.04.